The highest BCUT2D eigenvalue weighted by atomic mass is 16.5. The molecule has 0 spiro atoms. The summed E-state index contributed by atoms with van der Waals surface area (Å²) in [6, 6.07) is 7.07. The van der Waals surface area contributed by atoms with Gasteiger partial charge in [-0.3, -0.25) is 0 Å². The number of benzene rings is 1. The van der Waals surface area contributed by atoms with Gasteiger partial charge in [-0.05, 0) is 6.07 Å². The lowest BCUT2D eigenvalue weighted by Crippen LogP contribution is -2.03. The normalized spacial score (nSPS) is 10.1. The van der Waals surface area contributed by atoms with Crippen molar-refractivity contribution in [2.24, 2.45) is 0 Å². The van der Waals surface area contributed by atoms with Gasteiger partial charge in [-0.1, -0.05) is 18.2 Å². The van der Waals surface area contributed by atoms with E-state index in [0.29, 0.717) is 11.3 Å². The van der Waals surface area contributed by atoms with E-state index in [-0.39, 0.29) is 24.6 Å². The number of aliphatic hydroxyl groups is 1. The van der Waals surface area contributed by atoms with E-state index in [1.165, 1.54) is 7.11 Å². The Hall–Kier alpha value is -2.41. The van der Waals surface area contributed by atoms with Crippen molar-refractivity contribution in [1.29, 1.82) is 0 Å². The molecular weight excluding hydrogens is 236 g/mol. The Morgan fingerprint density at radius 3 is 2.61 bits per heavy atom. The van der Waals surface area contributed by atoms with Gasteiger partial charge < -0.3 is 20.3 Å². The fraction of sp³-hybridized carbons (Fsp3) is 0.182. The molecule has 0 aliphatic heterocycles. The molecule has 2 aromatic rings. The zero-order valence-corrected chi connectivity index (χ0v) is 9.70. The number of nitrogens with two attached hydrogens (primary N) is 1. The van der Waals surface area contributed by atoms with Gasteiger partial charge in [0.05, 0.1) is 13.7 Å². The highest BCUT2D eigenvalue weighted by molar-refractivity contribution is 5.35. The third kappa shape index (κ3) is 2.64. The quantitative estimate of drug-likeness (QED) is 0.822. The van der Waals surface area contributed by atoms with E-state index in [1.54, 1.807) is 24.3 Å². The molecule has 0 aliphatic rings. The fourth-order valence-electron chi connectivity index (χ4n) is 1.32. The molecule has 3 N–H and O–H groups in total. The number of methoxy groups -OCH3 is 1. The number of anilines is 1. The van der Waals surface area contributed by atoms with E-state index in [0.717, 1.165) is 0 Å². The maximum absolute atomic E-state index is 9.17. The van der Waals surface area contributed by atoms with Gasteiger partial charge in [0.2, 0.25) is 5.95 Å². The van der Waals surface area contributed by atoms with Crippen LogP contribution >= 0.6 is 0 Å². The summed E-state index contributed by atoms with van der Waals surface area (Å²) < 4.78 is 10.3. The molecule has 0 unspecified atom stereocenters. The smallest absolute Gasteiger partial charge is 0.330 e. The Morgan fingerprint density at radius 1 is 1.17 bits per heavy atom. The van der Waals surface area contributed by atoms with Gasteiger partial charge >= 0.3 is 12.0 Å². The van der Waals surface area contributed by atoms with Crippen LogP contribution in [0.1, 0.15) is 5.56 Å². The van der Waals surface area contributed by atoms with Gasteiger partial charge in [-0.25, -0.2) is 0 Å². The first-order valence-corrected chi connectivity index (χ1v) is 5.15. The zero-order valence-electron chi connectivity index (χ0n) is 9.70. The van der Waals surface area contributed by atoms with E-state index in [1.807, 2.05) is 0 Å². The number of aliphatic hydroxyl groups excluding tert-OH is 1. The van der Waals surface area contributed by atoms with Crippen molar-refractivity contribution < 1.29 is 14.6 Å². The van der Waals surface area contributed by atoms with E-state index in [9.17, 15) is 0 Å². The lowest BCUT2D eigenvalue weighted by Gasteiger charge is -2.08. The fourth-order valence-corrected chi connectivity index (χ4v) is 1.32. The number of nitrogens with zero attached hydrogens (tertiary/aromatic N) is 3. The van der Waals surface area contributed by atoms with Crippen LogP contribution < -0.4 is 15.2 Å². The highest BCUT2D eigenvalue weighted by Crippen LogP contribution is 2.23. The molecule has 0 amide bonds. The first-order valence-electron chi connectivity index (χ1n) is 5.15. The van der Waals surface area contributed by atoms with Crippen molar-refractivity contribution in [2.75, 3.05) is 12.8 Å². The van der Waals surface area contributed by atoms with Crippen LogP contribution in [0.3, 0.4) is 0 Å². The minimum Gasteiger partial charge on any atom is -0.467 e. The molecular formula is C11H12N4O3. The molecule has 7 heteroatoms. The summed E-state index contributed by atoms with van der Waals surface area (Å²) in [6.45, 7) is -0.145. The highest BCUT2D eigenvalue weighted by Gasteiger charge is 2.09. The Morgan fingerprint density at radius 2 is 1.89 bits per heavy atom. The van der Waals surface area contributed by atoms with Crippen molar-refractivity contribution in [3.05, 3.63) is 29.8 Å². The zero-order chi connectivity index (χ0) is 13.0. The maximum Gasteiger partial charge on any atom is 0.330 e. The third-order valence-electron chi connectivity index (χ3n) is 2.14. The number of para-hydroxylation sites is 1. The van der Waals surface area contributed by atoms with Crippen molar-refractivity contribution >= 4 is 5.95 Å². The van der Waals surface area contributed by atoms with Crippen molar-refractivity contribution in [1.82, 2.24) is 15.0 Å². The molecule has 0 bridgehead atoms. The Bertz CT molecular complexity index is 548. The summed E-state index contributed by atoms with van der Waals surface area (Å²) in [6.07, 6.45) is 0. The molecule has 1 aromatic heterocycles. The number of rotatable bonds is 4. The van der Waals surface area contributed by atoms with E-state index < -0.39 is 0 Å². The van der Waals surface area contributed by atoms with E-state index in [2.05, 4.69) is 15.0 Å². The van der Waals surface area contributed by atoms with Crippen LogP contribution in [0.4, 0.5) is 5.95 Å². The van der Waals surface area contributed by atoms with Crippen LogP contribution in [0, 0.1) is 0 Å². The van der Waals surface area contributed by atoms with E-state index >= 15 is 0 Å². The molecule has 0 radical (unpaired) electrons. The summed E-state index contributed by atoms with van der Waals surface area (Å²) >= 11 is 0. The number of hydrogen-bond acceptors (Lipinski definition) is 7. The molecule has 0 saturated heterocycles. The molecule has 7 nitrogen and oxygen atoms in total. The SMILES string of the molecule is COc1nc(N)nc(Oc2ccccc2CO)n1. The molecule has 0 saturated carbocycles. The van der Waals surface area contributed by atoms with Gasteiger partial charge in [0.15, 0.2) is 0 Å². The second kappa shape index (κ2) is 5.28. The Balaban J connectivity index is 2.30. The predicted octanol–water partition coefficient (Wildman–Crippen LogP) is 0.747. The molecule has 1 heterocycles. The van der Waals surface area contributed by atoms with Crippen LogP contribution in [0.5, 0.6) is 17.8 Å². The number of ether oxygens (including phenoxy) is 2. The summed E-state index contributed by atoms with van der Waals surface area (Å²) in [5.41, 5.74) is 6.11. The molecule has 18 heavy (non-hydrogen) atoms. The average Bonchev–Trinajstić information content (AvgIpc) is 2.38. The van der Waals surface area contributed by atoms with Gasteiger partial charge in [-0.2, -0.15) is 9.97 Å². The summed E-state index contributed by atoms with van der Waals surface area (Å²) in [4.78, 5) is 11.5. The maximum atomic E-state index is 9.17. The largest absolute Gasteiger partial charge is 0.467 e. The standard InChI is InChI=1S/C11H12N4O3/c1-17-10-13-9(12)14-11(15-10)18-8-5-3-2-4-7(8)6-16/h2-5,16H,6H2,1H3,(H2,12,13,14,15). The Kier molecular flexibility index (Phi) is 3.54. The van der Waals surface area contributed by atoms with Crippen LogP contribution in [-0.4, -0.2) is 27.2 Å². The summed E-state index contributed by atoms with van der Waals surface area (Å²) in [5.74, 6) is 0.450. The predicted molar refractivity (Wildman–Crippen MR) is 63.2 cm³/mol. The molecule has 0 fully saturated rings. The molecule has 2 rings (SSSR count). The minimum atomic E-state index is -0.145. The van der Waals surface area contributed by atoms with Gasteiger partial charge in [0.25, 0.3) is 0 Å². The summed E-state index contributed by atoms with van der Waals surface area (Å²) in [7, 11) is 1.42. The van der Waals surface area contributed by atoms with Crippen LogP contribution in [-0.2, 0) is 6.61 Å². The average molecular weight is 248 g/mol. The van der Waals surface area contributed by atoms with Crippen LogP contribution in [0.15, 0.2) is 24.3 Å². The van der Waals surface area contributed by atoms with Crippen LogP contribution in [0.2, 0.25) is 0 Å². The third-order valence-corrected chi connectivity index (χ3v) is 2.14. The number of aromatic nitrogens is 3. The monoisotopic (exact) mass is 248 g/mol. The van der Waals surface area contributed by atoms with Crippen molar-refractivity contribution in [2.45, 2.75) is 6.61 Å². The molecule has 0 atom stereocenters. The first-order chi connectivity index (χ1) is 8.72. The minimum absolute atomic E-state index is 0.00155. The van der Waals surface area contributed by atoms with Gasteiger partial charge in [-0.15, -0.1) is 4.98 Å². The van der Waals surface area contributed by atoms with E-state index in [4.69, 9.17) is 20.3 Å². The lowest BCUT2D eigenvalue weighted by atomic mass is 10.2. The van der Waals surface area contributed by atoms with Crippen LogP contribution in [0.25, 0.3) is 0 Å². The second-order valence-corrected chi connectivity index (χ2v) is 3.33. The van der Waals surface area contributed by atoms with Gasteiger partial charge in [0.1, 0.15) is 5.75 Å². The lowest BCUT2D eigenvalue weighted by molar-refractivity contribution is 0.275. The second-order valence-electron chi connectivity index (χ2n) is 3.33. The topological polar surface area (TPSA) is 103 Å². The Labute approximate surface area is 103 Å². The number of nitrogen functional groups attached to an aromatic ring is 1. The van der Waals surface area contributed by atoms with Gasteiger partial charge in [0, 0.05) is 5.56 Å². The molecule has 0 aliphatic carbocycles. The molecule has 94 valence electrons. The number of hydrogen-bond donors (Lipinski definition) is 2. The van der Waals surface area contributed by atoms with Crippen molar-refractivity contribution in [3.63, 3.8) is 0 Å². The molecule has 1 aromatic carbocycles. The summed E-state index contributed by atoms with van der Waals surface area (Å²) in [5, 5.41) is 9.17. The van der Waals surface area contributed by atoms with Crippen molar-refractivity contribution in [3.8, 4) is 17.8 Å². The first kappa shape index (κ1) is 12.1.